The Bertz CT molecular complexity index is 1120. The van der Waals surface area contributed by atoms with E-state index in [1.807, 2.05) is 22.8 Å². The molecule has 4 heterocycles. The number of hydrogen-bond acceptors (Lipinski definition) is 6. The molecular formula is C24H31ClN8O. The molecule has 2 aliphatic heterocycles. The molecule has 10 heteroatoms. The van der Waals surface area contributed by atoms with E-state index in [9.17, 15) is 4.79 Å². The summed E-state index contributed by atoms with van der Waals surface area (Å²) < 4.78 is 1.93. The molecule has 5 rings (SSSR count). The molecule has 2 amide bonds. The first kappa shape index (κ1) is 24.0. The summed E-state index contributed by atoms with van der Waals surface area (Å²) in [5.74, 6) is 0.932. The number of rotatable bonds is 6. The monoisotopic (exact) mass is 482 g/mol. The Balaban J connectivity index is 0.00000274. The summed E-state index contributed by atoms with van der Waals surface area (Å²) in [6.45, 7) is 8.91. The van der Waals surface area contributed by atoms with Gasteiger partial charge in [0.1, 0.15) is 5.69 Å². The van der Waals surface area contributed by atoms with Gasteiger partial charge in [0.2, 0.25) is 0 Å². The van der Waals surface area contributed by atoms with E-state index in [0.29, 0.717) is 6.54 Å². The Kier molecular flexibility index (Phi) is 7.33. The molecule has 0 atom stereocenters. The topological polar surface area (TPSA) is 82.4 Å². The number of nitrogens with zero attached hydrogens (tertiary/aromatic N) is 7. The number of aryl methyl sites for hydroxylation is 1. The van der Waals surface area contributed by atoms with Crippen LogP contribution in [0.1, 0.15) is 16.8 Å². The summed E-state index contributed by atoms with van der Waals surface area (Å²) in [6, 6.07) is 8.32. The first-order valence-corrected chi connectivity index (χ1v) is 11.5. The van der Waals surface area contributed by atoms with Crippen LogP contribution in [0.5, 0.6) is 0 Å². The fourth-order valence-corrected chi connectivity index (χ4v) is 4.47. The van der Waals surface area contributed by atoms with Crippen molar-refractivity contribution in [2.75, 3.05) is 44.2 Å². The van der Waals surface area contributed by atoms with E-state index >= 15 is 0 Å². The Morgan fingerprint density at radius 1 is 0.971 bits per heavy atom. The zero-order chi connectivity index (χ0) is 22.8. The molecular weight excluding hydrogens is 452 g/mol. The van der Waals surface area contributed by atoms with E-state index in [1.165, 1.54) is 11.3 Å². The van der Waals surface area contributed by atoms with Gasteiger partial charge in [-0.05, 0) is 12.5 Å². The van der Waals surface area contributed by atoms with E-state index < -0.39 is 0 Å². The highest BCUT2D eigenvalue weighted by atomic mass is 35.5. The standard InChI is InChI=1S/C24H30N8O.ClH/c1-18-21(15-28-29(18)2)17-30-11-13-31(14-12-30)23-22(25-7-8-26-23)20-5-3-19(4-6-20)16-32-10-9-27-24(32)33;/h3-8,15H,9-14,16-17H2,1-2H3,(H,27,33);1H. The molecule has 0 radical (unpaired) electrons. The second kappa shape index (κ2) is 10.4. The van der Waals surface area contributed by atoms with Crippen molar-refractivity contribution in [1.29, 1.82) is 0 Å². The van der Waals surface area contributed by atoms with E-state index in [2.05, 4.69) is 56.4 Å². The number of halogens is 1. The Labute approximate surface area is 206 Å². The van der Waals surface area contributed by atoms with Gasteiger partial charge in [-0.2, -0.15) is 5.10 Å². The maximum absolute atomic E-state index is 11.8. The summed E-state index contributed by atoms with van der Waals surface area (Å²) in [6.07, 6.45) is 5.50. The van der Waals surface area contributed by atoms with Gasteiger partial charge in [-0.15, -0.1) is 12.4 Å². The number of amides is 2. The molecule has 9 nitrogen and oxygen atoms in total. The number of anilines is 1. The lowest BCUT2D eigenvalue weighted by Crippen LogP contribution is -2.46. The van der Waals surface area contributed by atoms with Crippen molar-refractivity contribution in [3.05, 3.63) is 59.7 Å². The van der Waals surface area contributed by atoms with Gasteiger partial charge in [0.05, 0.1) is 6.20 Å². The van der Waals surface area contributed by atoms with Crippen LogP contribution in [0, 0.1) is 6.92 Å². The summed E-state index contributed by atoms with van der Waals surface area (Å²) >= 11 is 0. The fraction of sp³-hybridized carbons (Fsp3) is 0.417. The molecule has 34 heavy (non-hydrogen) atoms. The molecule has 0 unspecified atom stereocenters. The first-order chi connectivity index (χ1) is 16.1. The van der Waals surface area contributed by atoms with Gasteiger partial charge in [-0.25, -0.2) is 9.78 Å². The third-order valence-corrected chi connectivity index (χ3v) is 6.63. The van der Waals surface area contributed by atoms with Crippen LogP contribution in [0.2, 0.25) is 0 Å². The van der Waals surface area contributed by atoms with Gasteiger partial charge >= 0.3 is 6.03 Å². The van der Waals surface area contributed by atoms with Crippen molar-refractivity contribution in [1.82, 2.24) is 34.9 Å². The number of carbonyl (C=O) groups is 1. The number of piperazine rings is 1. The quantitative estimate of drug-likeness (QED) is 0.581. The minimum atomic E-state index is 0. The summed E-state index contributed by atoms with van der Waals surface area (Å²) in [4.78, 5) is 27.8. The van der Waals surface area contributed by atoms with Crippen molar-refractivity contribution in [2.24, 2.45) is 7.05 Å². The van der Waals surface area contributed by atoms with Gasteiger partial charge in [-0.1, -0.05) is 24.3 Å². The van der Waals surface area contributed by atoms with Crippen molar-refractivity contribution >= 4 is 24.3 Å². The highest BCUT2D eigenvalue weighted by Gasteiger charge is 2.23. The van der Waals surface area contributed by atoms with Gasteiger partial charge < -0.3 is 15.1 Å². The van der Waals surface area contributed by atoms with Crippen LogP contribution in [-0.2, 0) is 20.1 Å². The Morgan fingerprint density at radius 3 is 2.35 bits per heavy atom. The highest BCUT2D eigenvalue weighted by Crippen LogP contribution is 2.28. The van der Waals surface area contributed by atoms with Gasteiger partial charge in [0.15, 0.2) is 5.82 Å². The molecule has 0 saturated carbocycles. The molecule has 2 saturated heterocycles. The van der Waals surface area contributed by atoms with Gasteiger partial charge in [0.25, 0.3) is 0 Å². The van der Waals surface area contributed by atoms with E-state index in [0.717, 1.165) is 68.5 Å². The van der Waals surface area contributed by atoms with E-state index in [4.69, 9.17) is 4.98 Å². The van der Waals surface area contributed by atoms with Crippen LogP contribution >= 0.6 is 12.4 Å². The SMILES string of the molecule is Cc1c(CN2CCN(c3nccnc3-c3ccc(CN4CCNC4=O)cc3)CC2)cnn1C.Cl. The van der Waals surface area contributed by atoms with Crippen LogP contribution in [0.4, 0.5) is 10.6 Å². The molecule has 3 aromatic rings. The largest absolute Gasteiger partial charge is 0.352 e. The predicted molar refractivity (Wildman–Crippen MR) is 134 cm³/mol. The molecule has 0 spiro atoms. The van der Waals surface area contributed by atoms with Crippen LogP contribution in [-0.4, -0.2) is 74.8 Å². The molecule has 0 aliphatic carbocycles. The zero-order valence-electron chi connectivity index (χ0n) is 19.6. The Hall–Kier alpha value is -3.17. The number of nitrogens with one attached hydrogen (secondary N) is 1. The summed E-state index contributed by atoms with van der Waals surface area (Å²) in [5, 5.41) is 7.21. The molecule has 2 aliphatic rings. The highest BCUT2D eigenvalue weighted by molar-refractivity contribution is 5.85. The summed E-state index contributed by atoms with van der Waals surface area (Å²) in [7, 11) is 1.99. The third-order valence-electron chi connectivity index (χ3n) is 6.63. The number of urea groups is 1. The maximum Gasteiger partial charge on any atom is 0.317 e. The average molecular weight is 483 g/mol. The predicted octanol–water partition coefficient (Wildman–Crippen LogP) is 2.45. The van der Waals surface area contributed by atoms with Gasteiger partial charge in [0, 0.05) is 88.6 Å². The average Bonchev–Trinajstić information content (AvgIpc) is 3.40. The Morgan fingerprint density at radius 2 is 1.71 bits per heavy atom. The van der Waals surface area contributed by atoms with Crippen LogP contribution < -0.4 is 10.2 Å². The lowest BCUT2D eigenvalue weighted by Gasteiger charge is -2.35. The molecule has 1 aromatic carbocycles. The maximum atomic E-state index is 11.8. The van der Waals surface area contributed by atoms with Crippen molar-refractivity contribution in [2.45, 2.75) is 20.0 Å². The second-order valence-electron chi connectivity index (χ2n) is 8.72. The smallest absolute Gasteiger partial charge is 0.317 e. The van der Waals surface area contributed by atoms with Crippen LogP contribution in [0.3, 0.4) is 0 Å². The number of benzene rings is 1. The third kappa shape index (κ3) is 5.00. The van der Waals surface area contributed by atoms with Crippen molar-refractivity contribution in [3.63, 3.8) is 0 Å². The zero-order valence-corrected chi connectivity index (χ0v) is 20.5. The molecule has 180 valence electrons. The lowest BCUT2D eigenvalue weighted by atomic mass is 10.1. The van der Waals surface area contributed by atoms with E-state index in [1.54, 1.807) is 12.4 Å². The minimum Gasteiger partial charge on any atom is -0.352 e. The number of hydrogen-bond donors (Lipinski definition) is 1. The van der Waals surface area contributed by atoms with Crippen LogP contribution in [0.15, 0.2) is 42.9 Å². The van der Waals surface area contributed by atoms with Crippen molar-refractivity contribution in [3.8, 4) is 11.3 Å². The minimum absolute atomic E-state index is 0. The molecule has 1 N–H and O–H groups in total. The van der Waals surface area contributed by atoms with Crippen LogP contribution in [0.25, 0.3) is 11.3 Å². The lowest BCUT2D eigenvalue weighted by molar-refractivity contribution is 0.215. The first-order valence-electron chi connectivity index (χ1n) is 11.5. The normalized spacial score (nSPS) is 16.5. The van der Waals surface area contributed by atoms with Crippen molar-refractivity contribution < 1.29 is 4.79 Å². The number of aromatic nitrogens is 4. The number of carbonyl (C=O) groups excluding carboxylic acids is 1. The van der Waals surface area contributed by atoms with E-state index in [-0.39, 0.29) is 18.4 Å². The molecule has 2 aromatic heterocycles. The van der Waals surface area contributed by atoms with Gasteiger partial charge in [-0.3, -0.25) is 14.6 Å². The summed E-state index contributed by atoms with van der Waals surface area (Å²) in [5.41, 5.74) is 5.57. The molecule has 0 bridgehead atoms. The molecule has 2 fully saturated rings. The second-order valence-corrected chi connectivity index (χ2v) is 8.72. The fourth-order valence-electron chi connectivity index (χ4n) is 4.47.